The van der Waals surface area contributed by atoms with Crippen molar-refractivity contribution in [2.45, 2.75) is 10.8 Å². The SMILES string of the molecule is O=C(CSc1ccc(F)cc1)N1CC(c2nc(-c3ccsc3)no2)C1. The van der Waals surface area contributed by atoms with Gasteiger partial charge in [-0.1, -0.05) is 5.16 Å². The molecule has 1 aliphatic rings. The number of nitrogens with zero attached hydrogens (tertiary/aromatic N) is 3. The first-order valence-electron chi connectivity index (χ1n) is 7.71. The van der Waals surface area contributed by atoms with E-state index in [1.807, 2.05) is 16.8 Å². The molecule has 25 heavy (non-hydrogen) atoms. The van der Waals surface area contributed by atoms with E-state index in [1.165, 1.54) is 23.9 Å². The highest BCUT2D eigenvalue weighted by Gasteiger charge is 2.35. The molecule has 128 valence electrons. The van der Waals surface area contributed by atoms with Crippen LogP contribution in [0.2, 0.25) is 0 Å². The van der Waals surface area contributed by atoms with Crippen LogP contribution >= 0.6 is 23.1 Å². The Morgan fingerprint density at radius 1 is 1.32 bits per heavy atom. The first-order valence-corrected chi connectivity index (χ1v) is 9.64. The van der Waals surface area contributed by atoms with Crippen molar-refractivity contribution in [1.29, 1.82) is 0 Å². The number of thioether (sulfide) groups is 1. The number of hydrogen-bond acceptors (Lipinski definition) is 6. The topological polar surface area (TPSA) is 59.2 Å². The second-order valence-corrected chi connectivity index (χ2v) is 7.54. The number of benzene rings is 1. The van der Waals surface area contributed by atoms with Crippen molar-refractivity contribution in [1.82, 2.24) is 15.0 Å². The molecule has 1 aromatic carbocycles. The molecule has 1 aliphatic heterocycles. The van der Waals surface area contributed by atoms with E-state index in [9.17, 15) is 9.18 Å². The van der Waals surface area contributed by atoms with E-state index < -0.39 is 0 Å². The zero-order valence-corrected chi connectivity index (χ0v) is 14.7. The smallest absolute Gasteiger partial charge is 0.233 e. The molecule has 1 saturated heterocycles. The van der Waals surface area contributed by atoms with E-state index in [1.54, 1.807) is 28.4 Å². The molecule has 0 saturated carbocycles. The molecule has 0 bridgehead atoms. The number of thiophene rings is 1. The molecule has 3 aromatic rings. The number of hydrogen-bond donors (Lipinski definition) is 0. The van der Waals surface area contributed by atoms with Crippen molar-refractivity contribution in [2.24, 2.45) is 0 Å². The molecular weight excluding hydrogens is 361 g/mol. The van der Waals surface area contributed by atoms with Gasteiger partial charge in [0.25, 0.3) is 0 Å². The van der Waals surface area contributed by atoms with Gasteiger partial charge in [-0.15, -0.1) is 11.8 Å². The lowest BCUT2D eigenvalue weighted by molar-refractivity contribution is -0.133. The minimum absolute atomic E-state index is 0.0585. The van der Waals surface area contributed by atoms with Crippen molar-refractivity contribution in [2.75, 3.05) is 18.8 Å². The third kappa shape index (κ3) is 3.59. The van der Waals surface area contributed by atoms with Crippen LogP contribution in [0, 0.1) is 5.82 Å². The lowest BCUT2D eigenvalue weighted by Gasteiger charge is -2.37. The summed E-state index contributed by atoms with van der Waals surface area (Å²) in [6.07, 6.45) is 0. The summed E-state index contributed by atoms with van der Waals surface area (Å²) in [6, 6.07) is 8.09. The van der Waals surface area contributed by atoms with E-state index in [0.717, 1.165) is 10.5 Å². The molecule has 5 nitrogen and oxygen atoms in total. The average Bonchev–Trinajstić information content (AvgIpc) is 3.24. The van der Waals surface area contributed by atoms with Crippen molar-refractivity contribution < 1.29 is 13.7 Å². The Hall–Kier alpha value is -2.19. The standard InChI is InChI=1S/C17H14FN3O2S2/c18-13-1-3-14(4-2-13)25-10-15(22)21-7-12(8-21)17-19-16(20-23-17)11-5-6-24-9-11/h1-6,9,12H,7-8,10H2. The molecule has 0 radical (unpaired) electrons. The predicted octanol–water partition coefficient (Wildman–Crippen LogP) is 3.66. The van der Waals surface area contributed by atoms with Crippen LogP contribution in [0.4, 0.5) is 4.39 Å². The first kappa shape index (κ1) is 16.3. The lowest BCUT2D eigenvalue weighted by atomic mass is 10.0. The fourth-order valence-corrected chi connectivity index (χ4v) is 3.95. The number of rotatable bonds is 5. The zero-order chi connectivity index (χ0) is 17.2. The maximum atomic E-state index is 12.9. The van der Waals surface area contributed by atoms with Crippen LogP contribution in [0.25, 0.3) is 11.4 Å². The van der Waals surface area contributed by atoms with E-state index in [4.69, 9.17) is 4.52 Å². The van der Waals surface area contributed by atoms with Gasteiger partial charge in [-0.25, -0.2) is 4.39 Å². The van der Waals surface area contributed by atoms with Gasteiger partial charge in [-0.3, -0.25) is 4.79 Å². The van der Waals surface area contributed by atoms with E-state index in [-0.39, 0.29) is 17.6 Å². The van der Waals surface area contributed by atoms with Crippen molar-refractivity contribution in [3.05, 3.63) is 52.8 Å². The number of carbonyl (C=O) groups excluding carboxylic acids is 1. The Bertz CT molecular complexity index is 858. The molecular formula is C17H14FN3O2S2. The van der Waals surface area contributed by atoms with Gasteiger partial charge in [0, 0.05) is 28.9 Å². The van der Waals surface area contributed by atoms with Gasteiger partial charge >= 0.3 is 0 Å². The number of aromatic nitrogens is 2. The summed E-state index contributed by atoms with van der Waals surface area (Å²) >= 11 is 2.99. The highest BCUT2D eigenvalue weighted by atomic mass is 32.2. The summed E-state index contributed by atoms with van der Waals surface area (Å²) in [4.78, 5) is 19.3. The average molecular weight is 375 g/mol. The monoisotopic (exact) mass is 375 g/mol. The summed E-state index contributed by atoms with van der Waals surface area (Å²) in [5.74, 6) is 1.39. The molecule has 4 rings (SSSR count). The minimum Gasteiger partial charge on any atom is -0.340 e. The van der Waals surface area contributed by atoms with E-state index in [0.29, 0.717) is 30.6 Å². The Labute approximate surface area is 151 Å². The van der Waals surface area contributed by atoms with Crippen LogP contribution in [0.1, 0.15) is 11.8 Å². The highest BCUT2D eigenvalue weighted by molar-refractivity contribution is 8.00. The minimum atomic E-state index is -0.275. The third-order valence-electron chi connectivity index (χ3n) is 3.98. The first-order chi connectivity index (χ1) is 12.2. The van der Waals surface area contributed by atoms with Crippen LogP contribution in [0.3, 0.4) is 0 Å². The second kappa shape index (κ2) is 6.97. The largest absolute Gasteiger partial charge is 0.340 e. The Morgan fingerprint density at radius 2 is 2.12 bits per heavy atom. The maximum Gasteiger partial charge on any atom is 0.233 e. The van der Waals surface area contributed by atoms with Gasteiger partial charge in [0.05, 0.1) is 11.7 Å². The fraction of sp³-hybridized carbons (Fsp3) is 0.235. The van der Waals surface area contributed by atoms with E-state index >= 15 is 0 Å². The van der Waals surface area contributed by atoms with Crippen LogP contribution in [0.5, 0.6) is 0 Å². The Kier molecular flexibility index (Phi) is 4.54. The van der Waals surface area contributed by atoms with Crippen molar-refractivity contribution in [3.63, 3.8) is 0 Å². The van der Waals surface area contributed by atoms with Gasteiger partial charge in [-0.2, -0.15) is 16.3 Å². The highest BCUT2D eigenvalue weighted by Crippen LogP contribution is 2.29. The van der Waals surface area contributed by atoms with Gasteiger partial charge < -0.3 is 9.42 Å². The molecule has 0 N–H and O–H groups in total. The summed E-state index contributed by atoms with van der Waals surface area (Å²) in [5, 5.41) is 7.93. The van der Waals surface area contributed by atoms with Crippen LogP contribution in [-0.4, -0.2) is 39.8 Å². The lowest BCUT2D eigenvalue weighted by Crippen LogP contribution is -2.49. The van der Waals surface area contributed by atoms with Crippen molar-refractivity contribution in [3.8, 4) is 11.4 Å². The molecule has 0 aliphatic carbocycles. The molecule has 2 aromatic heterocycles. The quantitative estimate of drug-likeness (QED) is 0.637. The van der Waals surface area contributed by atoms with Gasteiger partial charge in [0.15, 0.2) is 0 Å². The molecule has 1 fully saturated rings. The normalized spacial score (nSPS) is 14.5. The summed E-state index contributed by atoms with van der Waals surface area (Å²) in [6.45, 7) is 1.18. The molecule has 0 spiro atoms. The van der Waals surface area contributed by atoms with Crippen LogP contribution in [-0.2, 0) is 4.79 Å². The molecule has 3 heterocycles. The number of carbonyl (C=O) groups is 1. The van der Waals surface area contributed by atoms with Gasteiger partial charge in [0.2, 0.25) is 17.6 Å². The maximum absolute atomic E-state index is 12.9. The van der Waals surface area contributed by atoms with Gasteiger partial charge in [-0.05, 0) is 35.7 Å². The second-order valence-electron chi connectivity index (χ2n) is 5.71. The van der Waals surface area contributed by atoms with Crippen LogP contribution in [0.15, 0.2) is 50.5 Å². The van der Waals surface area contributed by atoms with Gasteiger partial charge in [0.1, 0.15) is 5.82 Å². The molecule has 8 heteroatoms. The number of amides is 1. The predicted molar refractivity (Wildman–Crippen MR) is 94.1 cm³/mol. The van der Waals surface area contributed by atoms with Crippen LogP contribution < -0.4 is 0 Å². The Balaban J connectivity index is 1.28. The molecule has 0 atom stereocenters. The number of halogens is 1. The third-order valence-corrected chi connectivity index (χ3v) is 5.66. The molecule has 0 unspecified atom stereocenters. The fourth-order valence-electron chi connectivity index (χ4n) is 2.52. The van der Waals surface area contributed by atoms with E-state index in [2.05, 4.69) is 10.1 Å². The summed E-state index contributed by atoms with van der Waals surface area (Å²) in [7, 11) is 0. The summed E-state index contributed by atoms with van der Waals surface area (Å²) in [5.41, 5.74) is 0.947. The summed E-state index contributed by atoms with van der Waals surface area (Å²) < 4.78 is 18.2. The van der Waals surface area contributed by atoms with Crippen molar-refractivity contribution >= 4 is 29.0 Å². The zero-order valence-electron chi connectivity index (χ0n) is 13.1. The molecule has 1 amide bonds. The number of likely N-dealkylation sites (tertiary alicyclic amines) is 1. The Morgan fingerprint density at radius 3 is 2.84 bits per heavy atom.